The van der Waals surface area contributed by atoms with E-state index in [9.17, 15) is 14.4 Å². The molecule has 6 heteroatoms. The summed E-state index contributed by atoms with van der Waals surface area (Å²) in [5.41, 5.74) is 0. The van der Waals surface area contributed by atoms with Gasteiger partial charge in [0.25, 0.3) is 0 Å². The van der Waals surface area contributed by atoms with Crippen molar-refractivity contribution in [2.24, 2.45) is 0 Å². The fourth-order valence-corrected chi connectivity index (χ4v) is 9.43. The zero-order valence-electron chi connectivity index (χ0n) is 48.9. The molecule has 0 aliphatic rings. The minimum Gasteiger partial charge on any atom is -0.462 e. The first-order valence-electron chi connectivity index (χ1n) is 32.2. The zero-order chi connectivity index (χ0) is 52.9. The lowest BCUT2D eigenvalue weighted by atomic mass is 10.1. The maximum atomic E-state index is 12.9. The van der Waals surface area contributed by atoms with Crippen molar-refractivity contribution in [2.75, 3.05) is 13.2 Å². The van der Waals surface area contributed by atoms with Gasteiger partial charge in [-0.15, -0.1) is 0 Å². The minimum absolute atomic E-state index is 0.0824. The Kier molecular flexibility index (Phi) is 59.7. The summed E-state index contributed by atoms with van der Waals surface area (Å²) in [6, 6.07) is 0. The third-order valence-electron chi connectivity index (χ3n) is 14.3. The van der Waals surface area contributed by atoms with Crippen molar-refractivity contribution in [2.45, 2.75) is 348 Å². The van der Waals surface area contributed by atoms with E-state index in [1.165, 1.54) is 218 Å². The highest BCUT2D eigenvalue weighted by Crippen LogP contribution is 2.16. The molecular weight excluding hydrogens is 901 g/mol. The summed E-state index contributed by atoms with van der Waals surface area (Å²) in [6.45, 7) is 6.66. The van der Waals surface area contributed by atoms with Crippen LogP contribution in [0.15, 0.2) is 48.6 Å². The van der Waals surface area contributed by atoms with Gasteiger partial charge in [0, 0.05) is 19.3 Å². The summed E-state index contributed by atoms with van der Waals surface area (Å²) in [6.07, 6.45) is 76.8. The molecule has 0 N–H and O–H groups in total. The average molecular weight is 1020 g/mol. The van der Waals surface area contributed by atoms with Crippen LogP contribution in [-0.4, -0.2) is 37.2 Å². The summed E-state index contributed by atoms with van der Waals surface area (Å²) < 4.78 is 16.9. The van der Waals surface area contributed by atoms with Crippen LogP contribution in [-0.2, 0) is 28.6 Å². The molecule has 1 unspecified atom stereocenters. The normalized spacial score (nSPS) is 12.3. The Hall–Kier alpha value is -2.63. The number of hydrogen-bond acceptors (Lipinski definition) is 6. The molecule has 0 aliphatic carbocycles. The Labute approximate surface area is 454 Å². The second-order valence-electron chi connectivity index (χ2n) is 21.7. The Morgan fingerprint density at radius 2 is 0.493 bits per heavy atom. The first-order valence-corrected chi connectivity index (χ1v) is 32.2. The first-order chi connectivity index (χ1) is 36.0. The third kappa shape index (κ3) is 60.1. The summed E-state index contributed by atoms with van der Waals surface area (Å²) in [5.74, 6) is -0.891. The van der Waals surface area contributed by atoms with Crippen molar-refractivity contribution in [3.05, 3.63) is 48.6 Å². The standard InChI is InChI=1S/C67H122O6/c1-4-7-10-13-16-19-22-25-28-31-34-37-39-42-45-48-51-54-57-60-66(69)72-63-64(73-67(70)61-58-55-52-49-46-43-40-36-33-30-27-24-21-18-15-12-9-6-3)62-71-65(68)59-56-53-50-47-44-41-38-35-32-29-26-23-20-17-14-11-8-5-2/h30-31,33-36,38,40,64H,4-29,32,37,39,41-63H2,1-3H3/b33-30-,34-31-,38-35-,40-36-. The van der Waals surface area contributed by atoms with E-state index in [0.717, 1.165) is 83.5 Å². The van der Waals surface area contributed by atoms with Crippen LogP contribution in [0.5, 0.6) is 0 Å². The van der Waals surface area contributed by atoms with Crippen molar-refractivity contribution in [3.8, 4) is 0 Å². The van der Waals surface area contributed by atoms with Gasteiger partial charge in [0.1, 0.15) is 13.2 Å². The summed E-state index contributed by atoms with van der Waals surface area (Å²) in [5, 5.41) is 0. The van der Waals surface area contributed by atoms with Gasteiger partial charge < -0.3 is 14.2 Å². The van der Waals surface area contributed by atoms with Crippen LogP contribution in [0.1, 0.15) is 342 Å². The fraction of sp³-hybridized carbons (Fsp3) is 0.836. The van der Waals surface area contributed by atoms with Gasteiger partial charge in [0.15, 0.2) is 6.10 Å². The number of carbonyl (C=O) groups is 3. The number of rotatable bonds is 59. The van der Waals surface area contributed by atoms with Crippen LogP contribution in [0.25, 0.3) is 0 Å². The van der Waals surface area contributed by atoms with E-state index in [2.05, 4.69) is 69.4 Å². The number of ether oxygens (including phenoxy) is 3. The van der Waals surface area contributed by atoms with Crippen LogP contribution in [0, 0.1) is 0 Å². The highest BCUT2D eigenvalue weighted by atomic mass is 16.6. The van der Waals surface area contributed by atoms with E-state index >= 15 is 0 Å². The lowest BCUT2D eigenvalue weighted by Gasteiger charge is -2.18. The Balaban J connectivity index is 4.39. The molecule has 0 aromatic heterocycles. The van der Waals surface area contributed by atoms with Gasteiger partial charge in [0.2, 0.25) is 0 Å². The molecule has 0 bridgehead atoms. The van der Waals surface area contributed by atoms with Gasteiger partial charge in [-0.2, -0.15) is 0 Å². The summed E-state index contributed by atoms with van der Waals surface area (Å²) in [7, 11) is 0. The Bertz CT molecular complexity index is 1270. The molecule has 0 rings (SSSR count). The molecule has 0 aromatic rings. The predicted octanol–water partition coefficient (Wildman–Crippen LogP) is 21.8. The second kappa shape index (κ2) is 61.9. The van der Waals surface area contributed by atoms with Crippen molar-refractivity contribution in [1.29, 1.82) is 0 Å². The monoisotopic (exact) mass is 1020 g/mol. The molecule has 0 aliphatic heterocycles. The van der Waals surface area contributed by atoms with Crippen molar-refractivity contribution >= 4 is 17.9 Å². The van der Waals surface area contributed by atoms with E-state index in [4.69, 9.17) is 14.2 Å². The van der Waals surface area contributed by atoms with E-state index in [-0.39, 0.29) is 31.1 Å². The molecular formula is C67H122O6. The van der Waals surface area contributed by atoms with Gasteiger partial charge in [-0.25, -0.2) is 0 Å². The largest absolute Gasteiger partial charge is 0.462 e. The topological polar surface area (TPSA) is 78.9 Å². The van der Waals surface area contributed by atoms with Crippen molar-refractivity contribution in [1.82, 2.24) is 0 Å². The predicted molar refractivity (Wildman–Crippen MR) is 316 cm³/mol. The number of carbonyl (C=O) groups excluding carboxylic acids is 3. The SMILES string of the molecule is CCCCCCCCC/C=C\C=C/CCCCCCCC(=O)OC(COC(=O)CCCCCCC/C=C\CCCCCCCCCCC)COC(=O)CCCCCCCCC/C=C\CCCCCCCCCC. The second-order valence-corrected chi connectivity index (χ2v) is 21.7. The first kappa shape index (κ1) is 70.4. The average Bonchev–Trinajstić information content (AvgIpc) is 3.39. The quantitative estimate of drug-likeness (QED) is 0.0199. The van der Waals surface area contributed by atoms with E-state index < -0.39 is 6.10 Å². The molecule has 0 amide bonds. The zero-order valence-corrected chi connectivity index (χ0v) is 48.9. The van der Waals surface area contributed by atoms with Crippen LogP contribution < -0.4 is 0 Å². The van der Waals surface area contributed by atoms with Gasteiger partial charge in [0.05, 0.1) is 0 Å². The third-order valence-corrected chi connectivity index (χ3v) is 14.3. The Morgan fingerprint density at radius 1 is 0.274 bits per heavy atom. The molecule has 0 fully saturated rings. The molecule has 73 heavy (non-hydrogen) atoms. The van der Waals surface area contributed by atoms with Crippen LogP contribution >= 0.6 is 0 Å². The molecule has 0 heterocycles. The van der Waals surface area contributed by atoms with Crippen molar-refractivity contribution in [3.63, 3.8) is 0 Å². The molecule has 0 saturated carbocycles. The van der Waals surface area contributed by atoms with Crippen LogP contribution in [0.2, 0.25) is 0 Å². The smallest absolute Gasteiger partial charge is 0.306 e. The maximum Gasteiger partial charge on any atom is 0.306 e. The highest BCUT2D eigenvalue weighted by molar-refractivity contribution is 5.71. The number of unbranched alkanes of at least 4 members (excludes halogenated alkanes) is 41. The molecule has 0 aromatic carbocycles. The van der Waals surface area contributed by atoms with Crippen molar-refractivity contribution < 1.29 is 28.6 Å². The summed E-state index contributed by atoms with van der Waals surface area (Å²) in [4.78, 5) is 38.3. The van der Waals surface area contributed by atoms with E-state index in [1.807, 2.05) is 0 Å². The van der Waals surface area contributed by atoms with E-state index in [1.54, 1.807) is 0 Å². The lowest BCUT2D eigenvalue weighted by molar-refractivity contribution is -0.167. The molecule has 0 saturated heterocycles. The van der Waals surface area contributed by atoms with Gasteiger partial charge in [-0.05, 0) is 96.3 Å². The van der Waals surface area contributed by atoms with Gasteiger partial charge >= 0.3 is 17.9 Å². The van der Waals surface area contributed by atoms with Crippen LogP contribution in [0.4, 0.5) is 0 Å². The van der Waals surface area contributed by atoms with Gasteiger partial charge in [-0.1, -0.05) is 275 Å². The number of esters is 3. The minimum atomic E-state index is -0.787. The number of allylic oxidation sites excluding steroid dienone is 8. The highest BCUT2D eigenvalue weighted by Gasteiger charge is 2.19. The maximum absolute atomic E-state index is 12.9. The molecule has 1 atom stereocenters. The Morgan fingerprint density at radius 3 is 0.767 bits per heavy atom. The molecule has 426 valence electrons. The van der Waals surface area contributed by atoms with E-state index in [0.29, 0.717) is 19.3 Å². The fourth-order valence-electron chi connectivity index (χ4n) is 9.43. The van der Waals surface area contributed by atoms with Crippen LogP contribution in [0.3, 0.4) is 0 Å². The lowest BCUT2D eigenvalue weighted by Crippen LogP contribution is -2.30. The summed E-state index contributed by atoms with van der Waals surface area (Å²) >= 11 is 0. The van der Waals surface area contributed by atoms with Gasteiger partial charge in [-0.3, -0.25) is 14.4 Å². The molecule has 0 spiro atoms. The molecule has 6 nitrogen and oxygen atoms in total. The number of hydrogen-bond donors (Lipinski definition) is 0. The molecule has 0 radical (unpaired) electrons.